The molecule has 0 radical (unpaired) electrons. The highest BCUT2D eigenvalue weighted by Crippen LogP contribution is 2.48. The Morgan fingerprint density at radius 3 is 2.44 bits per heavy atom. The van der Waals surface area contributed by atoms with Crippen LogP contribution in [0.25, 0.3) is 11.0 Å². The van der Waals surface area contributed by atoms with Gasteiger partial charge in [0.15, 0.2) is 0 Å². The van der Waals surface area contributed by atoms with Gasteiger partial charge in [0.05, 0.1) is 13.2 Å². The van der Waals surface area contributed by atoms with Crippen LogP contribution in [-0.4, -0.2) is 50.5 Å². The van der Waals surface area contributed by atoms with Crippen LogP contribution in [0.15, 0.2) is 28.7 Å². The molecule has 1 atom stereocenters. The van der Waals surface area contributed by atoms with Crippen molar-refractivity contribution >= 4 is 11.0 Å². The zero-order valence-corrected chi connectivity index (χ0v) is 15.9. The number of nitrogens with zero attached hydrogens (tertiary/aromatic N) is 1. The highest BCUT2D eigenvalue weighted by molar-refractivity contribution is 5.79. The van der Waals surface area contributed by atoms with Crippen LogP contribution in [0.1, 0.15) is 32.4 Å². The molecule has 2 heterocycles. The molecular weight excluding hydrogens is 359 g/mol. The van der Waals surface area contributed by atoms with Crippen molar-refractivity contribution in [3.63, 3.8) is 0 Å². The molecule has 0 saturated carbocycles. The van der Waals surface area contributed by atoms with Crippen molar-refractivity contribution < 1.29 is 27.1 Å². The summed E-state index contributed by atoms with van der Waals surface area (Å²) in [5, 5.41) is 0.618. The summed E-state index contributed by atoms with van der Waals surface area (Å²) in [5.41, 5.74) is -0.562. The van der Waals surface area contributed by atoms with Crippen molar-refractivity contribution in [1.29, 1.82) is 0 Å². The maximum atomic E-state index is 13.6. The monoisotopic (exact) mass is 385 g/mol. The molecule has 27 heavy (non-hydrogen) atoms. The van der Waals surface area contributed by atoms with E-state index >= 15 is 0 Å². The molecule has 1 aromatic heterocycles. The van der Waals surface area contributed by atoms with Gasteiger partial charge in [-0.15, -0.1) is 0 Å². The highest BCUT2D eigenvalue weighted by Gasteiger charge is 2.49. The molecule has 0 bridgehead atoms. The second-order valence-electron chi connectivity index (χ2n) is 7.99. The lowest BCUT2D eigenvalue weighted by atomic mass is 9.78. The first-order chi connectivity index (χ1) is 12.6. The molecule has 3 rings (SSSR count). The predicted octanol–water partition coefficient (Wildman–Crippen LogP) is 4.84. The van der Waals surface area contributed by atoms with Crippen LogP contribution in [0.2, 0.25) is 0 Å². The first-order valence-corrected chi connectivity index (χ1v) is 9.18. The third kappa shape index (κ3) is 4.96. The lowest BCUT2D eigenvalue weighted by molar-refractivity contribution is -0.175. The zero-order valence-electron chi connectivity index (χ0n) is 15.9. The van der Waals surface area contributed by atoms with Crippen LogP contribution < -0.4 is 4.74 Å². The van der Waals surface area contributed by atoms with E-state index in [9.17, 15) is 13.2 Å². The van der Waals surface area contributed by atoms with Gasteiger partial charge in [-0.3, -0.25) is 4.90 Å². The Morgan fingerprint density at radius 1 is 1.11 bits per heavy atom. The molecule has 7 heteroatoms. The largest absolute Gasteiger partial charge is 0.492 e. The number of fused-ring (bicyclic) bond motifs is 1. The molecule has 2 aromatic rings. The van der Waals surface area contributed by atoms with Crippen LogP contribution in [0.4, 0.5) is 13.2 Å². The minimum absolute atomic E-state index is 0.0598. The Labute approximate surface area is 157 Å². The second kappa shape index (κ2) is 7.72. The van der Waals surface area contributed by atoms with Gasteiger partial charge in [0, 0.05) is 25.0 Å². The molecule has 1 fully saturated rings. The van der Waals surface area contributed by atoms with Crippen molar-refractivity contribution in [2.45, 2.75) is 32.9 Å². The fraction of sp³-hybridized carbons (Fsp3) is 0.600. The normalized spacial score (nSPS) is 18.0. The van der Waals surface area contributed by atoms with Gasteiger partial charge in [0.1, 0.15) is 29.6 Å². The molecule has 0 aliphatic carbocycles. The Kier molecular flexibility index (Phi) is 5.72. The smallest absolute Gasteiger partial charge is 0.399 e. The van der Waals surface area contributed by atoms with E-state index in [4.69, 9.17) is 13.9 Å². The number of halogens is 3. The molecule has 1 saturated heterocycles. The summed E-state index contributed by atoms with van der Waals surface area (Å²) in [5.74, 6) is -1.10. The first kappa shape index (κ1) is 20.0. The molecule has 1 aliphatic rings. The fourth-order valence-corrected chi connectivity index (χ4v) is 3.47. The third-order valence-electron chi connectivity index (χ3n) is 4.76. The first-order valence-electron chi connectivity index (χ1n) is 9.18. The van der Waals surface area contributed by atoms with E-state index in [0.717, 1.165) is 32.8 Å². The van der Waals surface area contributed by atoms with E-state index in [1.165, 1.54) is 6.07 Å². The van der Waals surface area contributed by atoms with Crippen molar-refractivity contribution in [3.8, 4) is 5.75 Å². The minimum Gasteiger partial charge on any atom is -0.492 e. The van der Waals surface area contributed by atoms with Crippen LogP contribution in [0.3, 0.4) is 0 Å². The van der Waals surface area contributed by atoms with Crippen molar-refractivity contribution in [3.05, 3.63) is 30.0 Å². The quantitative estimate of drug-likeness (QED) is 0.738. The lowest BCUT2D eigenvalue weighted by Crippen LogP contribution is -2.38. The summed E-state index contributed by atoms with van der Waals surface area (Å²) in [7, 11) is 0. The fourth-order valence-electron chi connectivity index (χ4n) is 3.47. The van der Waals surface area contributed by atoms with Gasteiger partial charge in [0.2, 0.25) is 0 Å². The second-order valence-corrected chi connectivity index (χ2v) is 7.99. The minimum atomic E-state index is -4.37. The van der Waals surface area contributed by atoms with Gasteiger partial charge in [-0.1, -0.05) is 20.8 Å². The average Bonchev–Trinajstić information content (AvgIpc) is 2.95. The van der Waals surface area contributed by atoms with E-state index in [0.29, 0.717) is 23.3 Å². The van der Waals surface area contributed by atoms with Crippen molar-refractivity contribution in [1.82, 2.24) is 4.90 Å². The van der Waals surface area contributed by atoms with Crippen LogP contribution in [0.5, 0.6) is 5.75 Å². The third-order valence-corrected chi connectivity index (χ3v) is 4.76. The summed E-state index contributed by atoms with van der Waals surface area (Å²) in [6, 6.07) is 6.61. The summed E-state index contributed by atoms with van der Waals surface area (Å²) in [4.78, 5) is 2.26. The zero-order chi connectivity index (χ0) is 19.7. The lowest BCUT2D eigenvalue weighted by Gasteiger charge is -2.30. The van der Waals surface area contributed by atoms with Gasteiger partial charge < -0.3 is 13.9 Å². The van der Waals surface area contributed by atoms with Gasteiger partial charge in [-0.25, -0.2) is 0 Å². The number of morpholine rings is 1. The van der Waals surface area contributed by atoms with E-state index in [1.54, 1.807) is 39.0 Å². The SMILES string of the molecule is CC(C)(C)C(c1cc2cc(OCCN3CCOCC3)ccc2o1)C(F)(F)F. The van der Waals surface area contributed by atoms with Gasteiger partial charge >= 0.3 is 6.18 Å². The Hall–Kier alpha value is -1.73. The van der Waals surface area contributed by atoms with Crippen LogP contribution >= 0.6 is 0 Å². The number of rotatable bonds is 5. The molecule has 0 amide bonds. The molecular formula is C20H26F3NO3. The molecule has 0 N–H and O–H groups in total. The van der Waals surface area contributed by atoms with Crippen molar-refractivity contribution in [2.75, 3.05) is 39.5 Å². The van der Waals surface area contributed by atoms with Crippen molar-refractivity contribution in [2.24, 2.45) is 5.41 Å². The van der Waals surface area contributed by atoms with E-state index < -0.39 is 17.5 Å². The van der Waals surface area contributed by atoms with Crippen LogP contribution in [-0.2, 0) is 4.74 Å². The molecule has 4 nitrogen and oxygen atoms in total. The number of alkyl halides is 3. The number of hydrogen-bond donors (Lipinski definition) is 0. The van der Waals surface area contributed by atoms with Crippen LogP contribution in [0, 0.1) is 5.41 Å². The Morgan fingerprint density at radius 2 is 1.81 bits per heavy atom. The summed E-state index contributed by atoms with van der Waals surface area (Å²) in [6.45, 7) is 9.26. The average molecular weight is 385 g/mol. The summed E-state index contributed by atoms with van der Waals surface area (Å²) < 4.78 is 57.3. The molecule has 1 aliphatic heterocycles. The Bertz CT molecular complexity index is 744. The molecule has 1 unspecified atom stereocenters. The number of ether oxygens (including phenoxy) is 2. The number of furan rings is 1. The standard InChI is InChI=1S/C20H26F3NO3/c1-19(2,3)18(20(21,22)23)17-13-14-12-15(4-5-16(14)27-17)26-11-8-24-6-9-25-10-7-24/h4-5,12-13,18H,6-11H2,1-3H3. The van der Waals surface area contributed by atoms with E-state index in [2.05, 4.69) is 4.90 Å². The van der Waals surface area contributed by atoms with E-state index in [-0.39, 0.29) is 5.76 Å². The summed E-state index contributed by atoms with van der Waals surface area (Å²) in [6.07, 6.45) is -4.37. The Balaban J connectivity index is 1.72. The summed E-state index contributed by atoms with van der Waals surface area (Å²) >= 11 is 0. The molecule has 150 valence electrons. The predicted molar refractivity (Wildman–Crippen MR) is 97.2 cm³/mol. The van der Waals surface area contributed by atoms with Gasteiger partial charge in [-0.2, -0.15) is 13.2 Å². The maximum Gasteiger partial charge on any atom is 0.399 e. The van der Waals surface area contributed by atoms with E-state index in [1.807, 2.05) is 0 Å². The molecule has 0 spiro atoms. The highest BCUT2D eigenvalue weighted by atomic mass is 19.4. The van der Waals surface area contributed by atoms with Gasteiger partial charge in [-0.05, 0) is 29.7 Å². The van der Waals surface area contributed by atoms with Gasteiger partial charge in [0.25, 0.3) is 0 Å². The molecule has 1 aromatic carbocycles. The topological polar surface area (TPSA) is 34.8 Å². The maximum absolute atomic E-state index is 13.6. The number of benzene rings is 1. The number of hydrogen-bond acceptors (Lipinski definition) is 4.